The molecule has 0 saturated carbocycles. The third kappa shape index (κ3) is 3.47. The van der Waals surface area contributed by atoms with Crippen LogP contribution in [0.2, 0.25) is 0 Å². The summed E-state index contributed by atoms with van der Waals surface area (Å²) in [5, 5.41) is 0. The van der Waals surface area contributed by atoms with Crippen molar-refractivity contribution in [2.45, 2.75) is 36.5 Å². The summed E-state index contributed by atoms with van der Waals surface area (Å²) in [6.45, 7) is 1.94. The van der Waals surface area contributed by atoms with Gasteiger partial charge >= 0.3 is 5.76 Å². The number of hydrogen-bond donors (Lipinski definition) is 1. The second kappa shape index (κ2) is 5.55. The minimum Gasteiger partial charge on any atom is -0.327 e. The van der Waals surface area contributed by atoms with Gasteiger partial charge in [0.25, 0.3) is 0 Å². The number of halogens is 2. The van der Waals surface area contributed by atoms with Crippen molar-refractivity contribution < 1.29 is 17.2 Å². The number of alkyl halides is 2. The molecule has 1 aromatic carbocycles. The summed E-state index contributed by atoms with van der Waals surface area (Å²) in [6, 6.07) is 5.42. The van der Waals surface area contributed by atoms with Gasteiger partial charge in [0, 0.05) is 6.04 Å². The van der Waals surface area contributed by atoms with Crippen molar-refractivity contribution in [3.63, 3.8) is 0 Å². The lowest BCUT2D eigenvalue weighted by Crippen LogP contribution is -2.21. The molecule has 17 heavy (non-hydrogen) atoms. The summed E-state index contributed by atoms with van der Waals surface area (Å²) in [5.74, 6) is -3.38. The highest BCUT2D eigenvalue weighted by atomic mass is 32.2. The Kier molecular flexibility index (Phi) is 4.59. The lowest BCUT2D eigenvalue weighted by Gasteiger charge is -2.09. The molecule has 2 N–H and O–H groups in total. The van der Waals surface area contributed by atoms with Crippen molar-refractivity contribution in [1.82, 2.24) is 0 Å². The quantitative estimate of drug-likeness (QED) is 0.883. The Hall–Kier alpha value is -1.01. The summed E-state index contributed by atoms with van der Waals surface area (Å²) in [7, 11) is -4.49. The first-order chi connectivity index (χ1) is 7.87. The zero-order chi connectivity index (χ0) is 13.1. The molecular formula is C11H15F2NO2S. The fourth-order valence-electron chi connectivity index (χ4n) is 1.37. The smallest absolute Gasteiger partial charge is 0.327 e. The first-order valence-electron chi connectivity index (χ1n) is 5.24. The standard InChI is InChI=1S/C11H15F2NO2S/c1-2-9(14)7-8-3-5-10(6-4-8)17(15,16)11(12)13/h3-6,9,11H,2,7,14H2,1H3. The van der Waals surface area contributed by atoms with Gasteiger partial charge in [-0.05, 0) is 30.5 Å². The topological polar surface area (TPSA) is 60.2 Å². The number of hydrogen-bond acceptors (Lipinski definition) is 3. The predicted molar refractivity (Wildman–Crippen MR) is 61.6 cm³/mol. The molecule has 96 valence electrons. The van der Waals surface area contributed by atoms with Crippen molar-refractivity contribution in [2.75, 3.05) is 0 Å². The molecule has 1 unspecified atom stereocenters. The van der Waals surface area contributed by atoms with Gasteiger partial charge in [-0.1, -0.05) is 19.1 Å². The molecule has 1 atom stereocenters. The van der Waals surface area contributed by atoms with Crippen LogP contribution in [0.5, 0.6) is 0 Å². The van der Waals surface area contributed by atoms with E-state index in [1.165, 1.54) is 24.3 Å². The van der Waals surface area contributed by atoms with E-state index in [9.17, 15) is 17.2 Å². The van der Waals surface area contributed by atoms with E-state index >= 15 is 0 Å². The number of benzene rings is 1. The summed E-state index contributed by atoms with van der Waals surface area (Å²) in [5.41, 5.74) is 6.58. The lowest BCUT2D eigenvalue weighted by atomic mass is 10.1. The number of rotatable bonds is 5. The van der Waals surface area contributed by atoms with Gasteiger partial charge in [0.2, 0.25) is 9.84 Å². The molecule has 0 aliphatic heterocycles. The predicted octanol–water partition coefficient (Wildman–Crippen LogP) is 1.96. The molecule has 0 amide bonds. The minimum absolute atomic E-state index is 0.00689. The monoisotopic (exact) mass is 263 g/mol. The first kappa shape index (κ1) is 14.1. The van der Waals surface area contributed by atoms with Crippen LogP contribution in [-0.2, 0) is 16.3 Å². The average Bonchev–Trinajstić information content (AvgIpc) is 2.29. The maximum Gasteiger partial charge on any atom is 0.341 e. The fraction of sp³-hybridized carbons (Fsp3) is 0.455. The first-order valence-corrected chi connectivity index (χ1v) is 6.79. The van der Waals surface area contributed by atoms with Gasteiger partial charge in [0.05, 0.1) is 4.90 Å². The minimum atomic E-state index is -4.49. The Labute approximate surface area is 99.6 Å². The molecule has 3 nitrogen and oxygen atoms in total. The summed E-state index contributed by atoms with van der Waals surface area (Å²) in [4.78, 5) is -0.360. The van der Waals surface area contributed by atoms with Crippen LogP contribution in [0.1, 0.15) is 18.9 Å². The molecule has 0 aromatic heterocycles. The highest BCUT2D eigenvalue weighted by molar-refractivity contribution is 7.91. The van der Waals surface area contributed by atoms with E-state index in [0.29, 0.717) is 6.42 Å². The summed E-state index contributed by atoms with van der Waals surface area (Å²) in [6.07, 6.45) is 1.41. The molecule has 0 spiro atoms. The highest BCUT2D eigenvalue weighted by Gasteiger charge is 2.26. The zero-order valence-corrected chi connectivity index (χ0v) is 10.3. The molecule has 6 heteroatoms. The number of nitrogens with two attached hydrogens (primary N) is 1. The fourth-order valence-corrected chi connectivity index (χ4v) is 2.09. The van der Waals surface area contributed by atoms with E-state index in [2.05, 4.69) is 0 Å². The molecule has 1 rings (SSSR count). The molecule has 0 aliphatic rings. The normalized spacial score (nSPS) is 13.9. The van der Waals surface area contributed by atoms with Crippen LogP contribution >= 0.6 is 0 Å². The van der Waals surface area contributed by atoms with Crippen molar-refractivity contribution in [2.24, 2.45) is 5.73 Å². The van der Waals surface area contributed by atoms with Crippen LogP contribution < -0.4 is 5.73 Å². The van der Waals surface area contributed by atoms with E-state index in [4.69, 9.17) is 5.73 Å². The Morgan fingerprint density at radius 3 is 2.18 bits per heavy atom. The third-order valence-electron chi connectivity index (χ3n) is 2.51. The van der Waals surface area contributed by atoms with Crippen molar-refractivity contribution in [3.05, 3.63) is 29.8 Å². The molecule has 0 fully saturated rings. The molecule has 0 radical (unpaired) electrons. The van der Waals surface area contributed by atoms with Gasteiger partial charge in [0.15, 0.2) is 0 Å². The van der Waals surface area contributed by atoms with Crippen LogP contribution in [0.15, 0.2) is 29.2 Å². The van der Waals surface area contributed by atoms with E-state index in [1.807, 2.05) is 6.92 Å². The van der Waals surface area contributed by atoms with Crippen molar-refractivity contribution in [1.29, 1.82) is 0 Å². The second-order valence-electron chi connectivity index (χ2n) is 3.82. The summed E-state index contributed by atoms with van der Waals surface area (Å²) < 4.78 is 46.8. The molecule has 1 aromatic rings. The van der Waals surface area contributed by atoms with Gasteiger partial charge in [-0.2, -0.15) is 8.78 Å². The van der Waals surface area contributed by atoms with Crippen LogP contribution in [0.4, 0.5) is 8.78 Å². The van der Waals surface area contributed by atoms with Gasteiger partial charge in [0.1, 0.15) is 0 Å². The Balaban J connectivity index is 2.89. The van der Waals surface area contributed by atoms with Gasteiger partial charge in [-0.25, -0.2) is 8.42 Å². The van der Waals surface area contributed by atoms with E-state index in [0.717, 1.165) is 12.0 Å². The number of sulfone groups is 1. The molecular weight excluding hydrogens is 248 g/mol. The van der Waals surface area contributed by atoms with E-state index in [-0.39, 0.29) is 10.9 Å². The zero-order valence-electron chi connectivity index (χ0n) is 9.44. The van der Waals surface area contributed by atoms with Crippen LogP contribution in [0.3, 0.4) is 0 Å². The third-order valence-corrected chi connectivity index (χ3v) is 3.91. The van der Waals surface area contributed by atoms with Crippen molar-refractivity contribution >= 4 is 9.84 Å². The maximum absolute atomic E-state index is 12.3. The SMILES string of the molecule is CCC(N)Cc1ccc(S(=O)(=O)C(F)F)cc1. The van der Waals surface area contributed by atoms with E-state index < -0.39 is 15.6 Å². The Morgan fingerprint density at radius 2 is 1.76 bits per heavy atom. The van der Waals surface area contributed by atoms with Gasteiger partial charge in [-0.15, -0.1) is 0 Å². The Morgan fingerprint density at radius 1 is 1.24 bits per heavy atom. The van der Waals surface area contributed by atoms with Crippen LogP contribution in [0, 0.1) is 0 Å². The molecule has 0 heterocycles. The summed E-state index contributed by atoms with van der Waals surface area (Å²) >= 11 is 0. The van der Waals surface area contributed by atoms with Crippen LogP contribution in [-0.4, -0.2) is 20.2 Å². The highest BCUT2D eigenvalue weighted by Crippen LogP contribution is 2.19. The van der Waals surface area contributed by atoms with Gasteiger partial charge < -0.3 is 5.73 Å². The van der Waals surface area contributed by atoms with Crippen molar-refractivity contribution in [3.8, 4) is 0 Å². The average molecular weight is 263 g/mol. The molecule has 0 saturated heterocycles. The Bertz CT molecular complexity index is 457. The maximum atomic E-state index is 12.3. The van der Waals surface area contributed by atoms with Gasteiger partial charge in [-0.3, -0.25) is 0 Å². The molecule has 0 bridgehead atoms. The molecule has 0 aliphatic carbocycles. The van der Waals surface area contributed by atoms with E-state index in [1.54, 1.807) is 0 Å². The second-order valence-corrected chi connectivity index (χ2v) is 5.74. The van der Waals surface area contributed by atoms with Crippen LogP contribution in [0.25, 0.3) is 0 Å². The largest absolute Gasteiger partial charge is 0.341 e. The lowest BCUT2D eigenvalue weighted by molar-refractivity contribution is 0.234.